The van der Waals surface area contributed by atoms with Crippen LogP contribution in [0.1, 0.15) is 23.9 Å². The molecule has 2 heterocycles. The van der Waals surface area contributed by atoms with Crippen LogP contribution in [-0.4, -0.2) is 19.7 Å². The number of aromatic nitrogens is 4. The first-order chi connectivity index (χ1) is 13.3. The molecule has 0 saturated carbocycles. The lowest BCUT2D eigenvalue weighted by Gasteiger charge is -2.11. The van der Waals surface area contributed by atoms with E-state index < -0.39 is 0 Å². The highest BCUT2D eigenvalue weighted by molar-refractivity contribution is 7.99. The second-order valence-corrected chi connectivity index (χ2v) is 7.17. The third-order valence-corrected chi connectivity index (χ3v) is 5.24. The molecule has 4 nitrogen and oxygen atoms in total. The number of rotatable bonds is 6. The number of nitrogens with zero attached hydrogens (tertiary/aromatic N) is 4. The maximum Gasteiger partial charge on any atom is 0.202 e. The molecule has 0 spiro atoms. The normalized spacial score (nSPS) is 10.9. The van der Waals surface area contributed by atoms with Gasteiger partial charge in [0.05, 0.1) is 0 Å². The van der Waals surface area contributed by atoms with Crippen molar-refractivity contribution in [3.8, 4) is 5.69 Å². The van der Waals surface area contributed by atoms with Gasteiger partial charge in [0.1, 0.15) is 10.9 Å². The SMILES string of the molecule is CCc1ccc(-n2c(Cc3ccccc3)nnc2Sc2ccccn2)cc1. The first-order valence-corrected chi connectivity index (χ1v) is 9.81. The number of aryl methyl sites for hydroxylation is 1. The molecule has 5 heteroatoms. The van der Waals surface area contributed by atoms with Crippen LogP contribution in [0.4, 0.5) is 0 Å². The topological polar surface area (TPSA) is 43.6 Å². The van der Waals surface area contributed by atoms with Crippen molar-refractivity contribution in [1.82, 2.24) is 19.7 Å². The molecule has 4 rings (SSSR count). The maximum absolute atomic E-state index is 4.49. The molecular formula is C22H20N4S. The summed E-state index contributed by atoms with van der Waals surface area (Å²) in [4.78, 5) is 4.41. The Morgan fingerprint density at radius 3 is 2.30 bits per heavy atom. The van der Waals surface area contributed by atoms with Gasteiger partial charge in [-0.25, -0.2) is 4.98 Å². The lowest BCUT2D eigenvalue weighted by molar-refractivity contribution is 0.845. The summed E-state index contributed by atoms with van der Waals surface area (Å²) in [6.45, 7) is 2.16. The van der Waals surface area contributed by atoms with Gasteiger partial charge in [-0.3, -0.25) is 4.57 Å². The van der Waals surface area contributed by atoms with Crippen molar-refractivity contribution in [2.45, 2.75) is 29.9 Å². The van der Waals surface area contributed by atoms with Crippen LogP contribution < -0.4 is 0 Å². The van der Waals surface area contributed by atoms with Crippen LogP contribution in [0.15, 0.2) is 89.2 Å². The molecule has 27 heavy (non-hydrogen) atoms. The molecular weight excluding hydrogens is 352 g/mol. The van der Waals surface area contributed by atoms with E-state index in [0.717, 1.165) is 34.5 Å². The fraction of sp³-hybridized carbons (Fsp3) is 0.136. The number of pyridine rings is 1. The average molecular weight is 372 g/mol. The standard InChI is InChI=1S/C22H20N4S/c1-2-17-11-13-19(14-12-17)26-20(16-18-8-4-3-5-9-18)24-25-22(26)27-21-10-6-7-15-23-21/h3-15H,2,16H2,1H3. The summed E-state index contributed by atoms with van der Waals surface area (Å²) < 4.78 is 2.13. The van der Waals surface area contributed by atoms with Gasteiger partial charge < -0.3 is 0 Å². The summed E-state index contributed by atoms with van der Waals surface area (Å²) in [7, 11) is 0. The van der Waals surface area contributed by atoms with E-state index in [1.807, 2.05) is 24.3 Å². The van der Waals surface area contributed by atoms with Crippen LogP contribution in [0.2, 0.25) is 0 Å². The summed E-state index contributed by atoms with van der Waals surface area (Å²) in [6.07, 6.45) is 3.55. The largest absolute Gasteiger partial charge is 0.273 e. The lowest BCUT2D eigenvalue weighted by atomic mass is 10.1. The molecule has 4 aromatic rings. The first-order valence-electron chi connectivity index (χ1n) is 9.00. The molecule has 0 unspecified atom stereocenters. The van der Waals surface area contributed by atoms with Gasteiger partial charge in [-0.15, -0.1) is 10.2 Å². The van der Waals surface area contributed by atoms with E-state index in [-0.39, 0.29) is 0 Å². The maximum atomic E-state index is 4.49. The third-order valence-electron chi connectivity index (χ3n) is 4.34. The average Bonchev–Trinajstić information content (AvgIpc) is 3.11. The molecule has 0 saturated heterocycles. The van der Waals surface area contributed by atoms with E-state index in [0.29, 0.717) is 0 Å². The van der Waals surface area contributed by atoms with E-state index in [9.17, 15) is 0 Å². The van der Waals surface area contributed by atoms with Crippen molar-refractivity contribution >= 4 is 11.8 Å². The Morgan fingerprint density at radius 1 is 0.815 bits per heavy atom. The zero-order chi connectivity index (χ0) is 18.5. The highest BCUT2D eigenvalue weighted by atomic mass is 32.2. The monoisotopic (exact) mass is 372 g/mol. The van der Waals surface area contributed by atoms with Crippen molar-refractivity contribution in [1.29, 1.82) is 0 Å². The zero-order valence-electron chi connectivity index (χ0n) is 15.1. The Morgan fingerprint density at radius 2 is 1.59 bits per heavy atom. The minimum Gasteiger partial charge on any atom is -0.273 e. The number of hydrogen-bond donors (Lipinski definition) is 0. The summed E-state index contributed by atoms with van der Waals surface area (Å²) in [5.74, 6) is 0.920. The smallest absolute Gasteiger partial charge is 0.202 e. The predicted molar refractivity (Wildman–Crippen MR) is 108 cm³/mol. The molecule has 0 fully saturated rings. The summed E-state index contributed by atoms with van der Waals surface area (Å²) in [6, 6.07) is 24.9. The van der Waals surface area contributed by atoms with Gasteiger partial charge in [0.2, 0.25) is 5.16 Å². The van der Waals surface area contributed by atoms with Crippen LogP contribution >= 0.6 is 11.8 Å². The van der Waals surface area contributed by atoms with Crippen molar-refractivity contribution in [2.24, 2.45) is 0 Å². The van der Waals surface area contributed by atoms with Gasteiger partial charge in [-0.05, 0) is 53.6 Å². The highest BCUT2D eigenvalue weighted by Gasteiger charge is 2.16. The van der Waals surface area contributed by atoms with Crippen molar-refractivity contribution in [3.05, 3.63) is 95.9 Å². The van der Waals surface area contributed by atoms with Crippen LogP contribution in [0, 0.1) is 0 Å². The van der Waals surface area contributed by atoms with E-state index >= 15 is 0 Å². The molecule has 0 bridgehead atoms. The first kappa shape index (κ1) is 17.5. The Balaban J connectivity index is 1.74. The van der Waals surface area contributed by atoms with E-state index in [2.05, 4.69) is 75.2 Å². The van der Waals surface area contributed by atoms with Crippen LogP contribution in [0.5, 0.6) is 0 Å². The van der Waals surface area contributed by atoms with Crippen LogP contribution in [-0.2, 0) is 12.8 Å². The van der Waals surface area contributed by atoms with Crippen molar-refractivity contribution in [2.75, 3.05) is 0 Å². The predicted octanol–water partition coefficient (Wildman–Crippen LogP) is 4.97. The molecule has 0 N–H and O–H groups in total. The van der Waals surface area contributed by atoms with Crippen molar-refractivity contribution < 1.29 is 0 Å². The number of hydrogen-bond acceptors (Lipinski definition) is 4. The van der Waals surface area contributed by atoms with Gasteiger partial charge in [-0.1, -0.05) is 55.5 Å². The fourth-order valence-corrected chi connectivity index (χ4v) is 3.73. The Hall–Kier alpha value is -2.92. The van der Waals surface area contributed by atoms with Crippen LogP contribution in [0.3, 0.4) is 0 Å². The minimum absolute atomic E-state index is 0.728. The molecule has 0 aliphatic rings. The highest BCUT2D eigenvalue weighted by Crippen LogP contribution is 2.28. The zero-order valence-corrected chi connectivity index (χ0v) is 15.9. The van der Waals surface area contributed by atoms with Gasteiger partial charge >= 0.3 is 0 Å². The fourth-order valence-electron chi connectivity index (χ4n) is 2.90. The summed E-state index contributed by atoms with van der Waals surface area (Å²) in [5, 5.41) is 10.7. The lowest BCUT2D eigenvalue weighted by Crippen LogP contribution is -2.04. The molecule has 0 radical (unpaired) electrons. The Bertz CT molecular complexity index is 937. The molecule has 134 valence electrons. The molecule has 2 aromatic heterocycles. The molecule has 0 atom stereocenters. The number of benzene rings is 2. The quantitative estimate of drug-likeness (QED) is 0.479. The Labute approximate surface area is 163 Å². The third kappa shape index (κ3) is 4.09. The van der Waals surface area contributed by atoms with Gasteiger partial charge in [0.15, 0.2) is 0 Å². The molecule has 0 aliphatic carbocycles. The van der Waals surface area contributed by atoms with Gasteiger partial charge in [0, 0.05) is 18.3 Å². The molecule has 2 aromatic carbocycles. The second-order valence-electron chi connectivity index (χ2n) is 6.19. The van der Waals surface area contributed by atoms with E-state index in [1.54, 1.807) is 6.20 Å². The summed E-state index contributed by atoms with van der Waals surface area (Å²) in [5.41, 5.74) is 3.60. The van der Waals surface area contributed by atoms with E-state index in [1.165, 1.54) is 22.9 Å². The molecule has 0 amide bonds. The summed E-state index contributed by atoms with van der Waals surface area (Å²) >= 11 is 1.53. The Kier molecular flexibility index (Phi) is 5.30. The van der Waals surface area contributed by atoms with Gasteiger partial charge in [-0.2, -0.15) is 0 Å². The van der Waals surface area contributed by atoms with E-state index in [4.69, 9.17) is 0 Å². The minimum atomic E-state index is 0.728. The van der Waals surface area contributed by atoms with Gasteiger partial charge in [0.25, 0.3) is 0 Å². The second kappa shape index (κ2) is 8.18. The van der Waals surface area contributed by atoms with Crippen LogP contribution in [0.25, 0.3) is 5.69 Å². The van der Waals surface area contributed by atoms with Crippen molar-refractivity contribution in [3.63, 3.8) is 0 Å². The molecule has 0 aliphatic heterocycles.